The highest BCUT2D eigenvalue weighted by atomic mass is 16.7. The van der Waals surface area contributed by atoms with Crippen molar-refractivity contribution in [3.05, 3.63) is 41.3 Å². The summed E-state index contributed by atoms with van der Waals surface area (Å²) in [4.78, 5) is 4.68. The van der Waals surface area contributed by atoms with Crippen molar-refractivity contribution in [3.8, 4) is 11.5 Å². The molecular weight excluding hydrogens is 330 g/mol. The Labute approximate surface area is 155 Å². The van der Waals surface area contributed by atoms with Gasteiger partial charge in [-0.2, -0.15) is 0 Å². The summed E-state index contributed by atoms with van der Waals surface area (Å²) in [5, 5.41) is 9.23. The Morgan fingerprint density at radius 2 is 1.81 bits per heavy atom. The van der Waals surface area contributed by atoms with Gasteiger partial charge in [-0.15, -0.1) is 0 Å². The van der Waals surface area contributed by atoms with Gasteiger partial charge in [-0.3, -0.25) is 0 Å². The molecule has 1 aliphatic heterocycles. The molecule has 0 atom stereocenters. The fourth-order valence-corrected chi connectivity index (χ4v) is 3.14. The minimum absolute atomic E-state index is 0.103. The molecule has 0 aliphatic carbocycles. The molecule has 142 valence electrons. The van der Waals surface area contributed by atoms with Gasteiger partial charge in [0.1, 0.15) is 5.76 Å². The van der Waals surface area contributed by atoms with Crippen molar-refractivity contribution in [2.75, 3.05) is 19.8 Å². The van der Waals surface area contributed by atoms with E-state index in [-0.39, 0.29) is 6.61 Å². The molecule has 0 amide bonds. The van der Waals surface area contributed by atoms with Crippen molar-refractivity contribution in [2.24, 2.45) is 5.92 Å². The number of aliphatic hydroxyl groups excluding tert-OH is 1. The van der Waals surface area contributed by atoms with E-state index in [0.717, 1.165) is 42.7 Å². The lowest BCUT2D eigenvalue weighted by Gasteiger charge is -2.36. The number of benzene rings is 1. The molecular formula is C21H29NO4. The molecule has 5 nitrogen and oxygen atoms in total. The molecule has 1 N–H and O–H groups in total. The maximum absolute atomic E-state index is 9.23. The lowest BCUT2D eigenvalue weighted by Crippen LogP contribution is -2.44. The van der Waals surface area contributed by atoms with Crippen molar-refractivity contribution < 1.29 is 19.0 Å². The standard InChI is InChI=1S/C21H29NO4/c1-15-8-10-18(11-9-15)20-22-19(16(2)26-20)7-5-4-6-17-12-24-21(3,14-23)25-13-17/h8-11,17,23H,4-7,12-14H2,1-3H3. The Bertz CT molecular complexity index is 699. The normalized spacial score (nSPS) is 23.3. The van der Waals surface area contributed by atoms with Crippen LogP contribution in [0.3, 0.4) is 0 Å². The third-order valence-corrected chi connectivity index (χ3v) is 5.00. The van der Waals surface area contributed by atoms with Gasteiger partial charge in [0.25, 0.3) is 0 Å². The van der Waals surface area contributed by atoms with Crippen LogP contribution in [0.15, 0.2) is 28.7 Å². The average molecular weight is 359 g/mol. The Morgan fingerprint density at radius 3 is 2.46 bits per heavy atom. The van der Waals surface area contributed by atoms with Crippen molar-refractivity contribution >= 4 is 0 Å². The average Bonchev–Trinajstić information content (AvgIpc) is 3.02. The summed E-state index contributed by atoms with van der Waals surface area (Å²) in [6.45, 7) is 7.03. The second kappa shape index (κ2) is 8.33. The molecule has 0 bridgehead atoms. The molecule has 26 heavy (non-hydrogen) atoms. The molecule has 0 saturated carbocycles. The summed E-state index contributed by atoms with van der Waals surface area (Å²) in [6, 6.07) is 8.25. The zero-order valence-electron chi connectivity index (χ0n) is 16.0. The highest BCUT2D eigenvalue weighted by Gasteiger charge is 2.31. The quantitative estimate of drug-likeness (QED) is 0.756. The van der Waals surface area contributed by atoms with Gasteiger partial charge in [0.05, 0.1) is 25.5 Å². The number of aliphatic hydroxyl groups is 1. The van der Waals surface area contributed by atoms with E-state index in [9.17, 15) is 5.11 Å². The molecule has 0 unspecified atom stereocenters. The second-order valence-electron chi connectivity index (χ2n) is 7.41. The minimum atomic E-state index is -0.819. The summed E-state index contributed by atoms with van der Waals surface area (Å²) in [6.07, 6.45) is 4.14. The number of aromatic nitrogens is 1. The van der Waals surface area contributed by atoms with Gasteiger partial charge in [0, 0.05) is 11.5 Å². The van der Waals surface area contributed by atoms with Crippen LogP contribution in [-0.2, 0) is 15.9 Å². The molecule has 3 rings (SSSR count). The van der Waals surface area contributed by atoms with Gasteiger partial charge >= 0.3 is 0 Å². The van der Waals surface area contributed by atoms with E-state index in [0.29, 0.717) is 25.0 Å². The van der Waals surface area contributed by atoms with Crippen LogP contribution in [0.1, 0.15) is 43.2 Å². The Morgan fingerprint density at radius 1 is 1.12 bits per heavy atom. The highest BCUT2D eigenvalue weighted by Crippen LogP contribution is 2.25. The Hall–Kier alpha value is -1.69. The van der Waals surface area contributed by atoms with E-state index in [1.54, 1.807) is 6.92 Å². The predicted octanol–water partition coefficient (Wildman–Crippen LogP) is 4.04. The number of nitrogens with zero attached hydrogens (tertiary/aromatic N) is 1. The van der Waals surface area contributed by atoms with Crippen LogP contribution in [0.25, 0.3) is 11.5 Å². The Kier molecular flexibility index (Phi) is 6.12. The van der Waals surface area contributed by atoms with Crippen LogP contribution in [0.5, 0.6) is 0 Å². The maximum Gasteiger partial charge on any atom is 0.226 e. The lowest BCUT2D eigenvalue weighted by atomic mass is 10.0. The first-order chi connectivity index (χ1) is 12.5. The first-order valence-electron chi connectivity index (χ1n) is 9.41. The number of oxazole rings is 1. The van der Waals surface area contributed by atoms with E-state index < -0.39 is 5.79 Å². The molecule has 5 heteroatoms. The number of aryl methyl sites for hydroxylation is 3. The molecule has 1 aromatic carbocycles. The zero-order valence-corrected chi connectivity index (χ0v) is 16.0. The summed E-state index contributed by atoms with van der Waals surface area (Å²) in [5.74, 6) is 1.19. The van der Waals surface area contributed by atoms with Crippen molar-refractivity contribution in [2.45, 2.75) is 52.2 Å². The molecule has 0 spiro atoms. The molecule has 1 fully saturated rings. The van der Waals surface area contributed by atoms with Crippen LogP contribution < -0.4 is 0 Å². The van der Waals surface area contributed by atoms with Crippen LogP contribution in [-0.4, -0.2) is 35.7 Å². The summed E-state index contributed by atoms with van der Waals surface area (Å²) < 4.78 is 17.1. The number of ether oxygens (including phenoxy) is 2. The molecule has 0 radical (unpaired) electrons. The lowest BCUT2D eigenvalue weighted by molar-refractivity contribution is -0.286. The van der Waals surface area contributed by atoms with E-state index >= 15 is 0 Å². The van der Waals surface area contributed by atoms with Crippen LogP contribution in [0.2, 0.25) is 0 Å². The van der Waals surface area contributed by atoms with Crippen LogP contribution in [0, 0.1) is 19.8 Å². The SMILES string of the molecule is Cc1ccc(-c2nc(CCCCC3COC(C)(CO)OC3)c(C)o2)cc1. The van der Waals surface area contributed by atoms with Gasteiger partial charge in [-0.05, 0) is 52.2 Å². The molecule has 2 aromatic rings. The van der Waals surface area contributed by atoms with E-state index in [1.807, 2.05) is 19.1 Å². The van der Waals surface area contributed by atoms with Gasteiger partial charge in [-0.1, -0.05) is 24.1 Å². The fourth-order valence-electron chi connectivity index (χ4n) is 3.14. The van der Waals surface area contributed by atoms with Gasteiger partial charge in [0.15, 0.2) is 5.79 Å². The second-order valence-corrected chi connectivity index (χ2v) is 7.41. The van der Waals surface area contributed by atoms with Crippen LogP contribution >= 0.6 is 0 Å². The monoisotopic (exact) mass is 359 g/mol. The Balaban J connectivity index is 1.45. The molecule has 2 heterocycles. The molecule has 1 saturated heterocycles. The maximum atomic E-state index is 9.23. The largest absolute Gasteiger partial charge is 0.441 e. The third-order valence-electron chi connectivity index (χ3n) is 5.00. The first-order valence-corrected chi connectivity index (χ1v) is 9.41. The topological polar surface area (TPSA) is 64.7 Å². The van der Waals surface area contributed by atoms with Gasteiger partial charge < -0.3 is 19.0 Å². The zero-order chi connectivity index (χ0) is 18.6. The number of unbranched alkanes of at least 4 members (excludes halogenated alkanes) is 1. The van der Waals surface area contributed by atoms with E-state index in [2.05, 4.69) is 24.0 Å². The predicted molar refractivity (Wildman–Crippen MR) is 99.9 cm³/mol. The van der Waals surface area contributed by atoms with Crippen molar-refractivity contribution in [1.29, 1.82) is 0 Å². The number of rotatable bonds is 7. The van der Waals surface area contributed by atoms with Gasteiger partial charge in [0.2, 0.25) is 5.89 Å². The summed E-state index contributed by atoms with van der Waals surface area (Å²) in [7, 11) is 0. The van der Waals surface area contributed by atoms with Gasteiger partial charge in [-0.25, -0.2) is 4.98 Å². The third kappa shape index (κ3) is 4.72. The first kappa shape index (κ1) is 19.1. The van der Waals surface area contributed by atoms with Crippen LogP contribution in [0.4, 0.5) is 0 Å². The van der Waals surface area contributed by atoms with E-state index in [4.69, 9.17) is 13.9 Å². The van der Waals surface area contributed by atoms with E-state index in [1.165, 1.54) is 5.56 Å². The van der Waals surface area contributed by atoms with Crippen molar-refractivity contribution in [1.82, 2.24) is 4.98 Å². The smallest absolute Gasteiger partial charge is 0.226 e. The summed E-state index contributed by atoms with van der Waals surface area (Å²) >= 11 is 0. The van der Waals surface area contributed by atoms with Crippen molar-refractivity contribution in [3.63, 3.8) is 0 Å². The number of hydrogen-bond acceptors (Lipinski definition) is 5. The minimum Gasteiger partial charge on any atom is -0.441 e. The fraction of sp³-hybridized carbons (Fsp3) is 0.571. The summed E-state index contributed by atoms with van der Waals surface area (Å²) in [5.41, 5.74) is 3.30. The number of hydrogen-bond donors (Lipinski definition) is 1. The molecule has 1 aliphatic rings. The highest BCUT2D eigenvalue weighted by molar-refractivity contribution is 5.54. The molecule has 1 aromatic heterocycles.